The van der Waals surface area contributed by atoms with Crippen molar-refractivity contribution >= 4 is 22.4 Å². The minimum Gasteiger partial charge on any atom is -0.481 e. The number of hydrogen-bond donors (Lipinski definition) is 1. The van der Waals surface area contributed by atoms with Gasteiger partial charge in [0.1, 0.15) is 0 Å². The average Bonchev–Trinajstić information content (AvgIpc) is 2.91. The highest BCUT2D eigenvalue weighted by molar-refractivity contribution is 7.13. The molecule has 0 amide bonds. The molecule has 1 aromatic heterocycles. The van der Waals surface area contributed by atoms with Crippen LogP contribution in [0.25, 0.3) is 0 Å². The van der Waals surface area contributed by atoms with Crippen LogP contribution in [-0.4, -0.2) is 53.7 Å². The second-order valence-electron chi connectivity index (χ2n) is 5.58. The zero-order chi connectivity index (χ0) is 13.9. The predicted octanol–water partition coefficient (Wildman–Crippen LogP) is 1.77. The molecule has 6 heteroatoms. The summed E-state index contributed by atoms with van der Waals surface area (Å²) in [6.45, 7) is 8.35. The molecule has 0 saturated carbocycles. The van der Waals surface area contributed by atoms with Gasteiger partial charge in [0.05, 0.1) is 5.41 Å². The Kier molecular flexibility index (Phi) is 4.42. The third kappa shape index (κ3) is 3.67. The van der Waals surface area contributed by atoms with Crippen molar-refractivity contribution in [2.75, 3.05) is 37.6 Å². The van der Waals surface area contributed by atoms with Crippen LogP contribution in [0.1, 0.15) is 20.3 Å². The monoisotopic (exact) mass is 283 g/mol. The van der Waals surface area contributed by atoms with Gasteiger partial charge in [-0.05, 0) is 26.8 Å². The maximum atomic E-state index is 11.1. The first-order valence-electron chi connectivity index (χ1n) is 6.59. The maximum Gasteiger partial charge on any atom is 0.309 e. The summed E-state index contributed by atoms with van der Waals surface area (Å²) in [4.78, 5) is 20.0. The van der Waals surface area contributed by atoms with Crippen molar-refractivity contribution in [1.29, 1.82) is 0 Å². The normalized spacial score (nSPS) is 17.7. The van der Waals surface area contributed by atoms with Gasteiger partial charge in [0.2, 0.25) is 0 Å². The summed E-state index contributed by atoms with van der Waals surface area (Å²) in [7, 11) is 0. The molecule has 0 bridgehead atoms. The Morgan fingerprint density at radius 1 is 1.42 bits per heavy atom. The minimum absolute atomic E-state index is 0.632. The molecule has 106 valence electrons. The molecule has 0 aliphatic carbocycles. The number of carboxylic acid groups (broad SMARTS) is 1. The van der Waals surface area contributed by atoms with E-state index in [4.69, 9.17) is 5.11 Å². The summed E-state index contributed by atoms with van der Waals surface area (Å²) >= 11 is 1.67. The standard InChI is InChI=1S/C13H21N3O2S/c1-13(2,11(17)18)3-5-15-6-8-16(9-7-15)12-14-4-10-19-12/h4,10H,3,5-9H2,1-2H3,(H,17,18). The van der Waals surface area contributed by atoms with Gasteiger partial charge in [-0.3, -0.25) is 9.69 Å². The molecular formula is C13H21N3O2S. The third-order valence-electron chi connectivity index (χ3n) is 3.69. The molecule has 5 nitrogen and oxygen atoms in total. The summed E-state index contributed by atoms with van der Waals surface area (Å²) in [5.41, 5.74) is -0.632. The lowest BCUT2D eigenvalue weighted by molar-refractivity contribution is -0.147. The fourth-order valence-electron chi connectivity index (χ4n) is 2.08. The molecule has 0 radical (unpaired) electrons. The fraction of sp³-hybridized carbons (Fsp3) is 0.692. The molecule has 0 aromatic carbocycles. The number of carboxylic acids is 1. The molecule has 1 aromatic rings. The van der Waals surface area contributed by atoms with Crippen molar-refractivity contribution in [3.8, 4) is 0 Å². The Morgan fingerprint density at radius 3 is 2.63 bits per heavy atom. The average molecular weight is 283 g/mol. The van der Waals surface area contributed by atoms with Crippen molar-refractivity contribution in [2.45, 2.75) is 20.3 Å². The van der Waals surface area contributed by atoms with E-state index in [0.717, 1.165) is 37.9 Å². The van der Waals surface area contributed by atoms with Gasteiger partial charge in [-0.1, -0.05) is 0 Å². The highest BCUT2D eigenvalue weighted by Gasteiger charge is 2.28. The van der Waals surface area contributed by atoms with Crippen LogP contribution in [0.5, 0.6) is 0 Å². The van der Waals surface area contributed by atoms with Gasteiger partial charge < -0.3 is 10.0 Å². The largest absolute Gasteiger partial charge is 0.481 e. The molecule has 1 fully saturated rings. The number of aromatic nitrogens is 1. The maximum absolute atomic E-state index is 11.1. The van der Waals surface area contributed by atoms with Crippen LogP contribution in [0, 0.1) is 5.41 Å². The lowest BCUT2D eigenvalue weighted by atomic mass is 9.89. The van der Waals surface area contributed by atoms with E-state index in [1.54, 1.807) is 25.2 Å². The molecule has 0 spiro atoms. The molecule has 0 atom stereocenters. The first-order chi connectivity index (χ1) is 8.99. The smallest absolute Gasteiger partial charge is 0.309 e. The molecular weight excluding hydrogens is 262 g/mol. The summed E-state index contributed by atoms with van der Waals surface area (Å²) in [5, 5.41) is 12.2. The molecule has 1 N–H and O–H groups in total. The minimum atomic E-state index is -0.714. The van der Waals surface area contributed by atoms with Crippen LogP contribution in [0.4, 0.5) is 5.13 Å². The van der Waals surface area contributed by atoms with Gasteiger partial charge in [-0.15, -0.1) is 11.3 Å². The van der Waals surface area contributed by atoms with E-state index in [-0.39, 0.29) is 0 Å². The predicted molar refractivity (Wildman–Crippen MR) is 76.8 cm³/mol. The van der Waals surface area contributed by atoms with Crippen LogP contribution >= 0.6 is 11.3 Å². The number of hydrogen-bond acceptors (Lipinski definition) is 5. The van der Waals surface area contributed by atoms with E-state index in [2.05, 4.69) is 14.8 Å². The molecule has 2 heterocycles. The molecule has 1 aliphatic heterocycles. The van der Waals surface area contributed by atoms with Gasteiger partial charge in [-0.2, -0.15) is 0 Å². The van der Waals surface area contributed by atoms with E-state index >= 15 is 0 Å². The lowest BCUT2D eigenvalue weighted by Crippen LogP contribution is -2.47. The van der Waals surface area contributed by atoms with Crippen LogP contribution < -0.4 is 4.90 Å². The van der Waals surface area contributed by atoms with Crippen molar-refractivity contribution in [2.24, 2.45) is 5.41 Å². The zero-order valence-electron chi connectivity index (χ0n) is 11.5. The first kappa shape index (κ1) is 14.3. The molecule has 1 aliphatic rings. The molecule has 1 saturated heterocycles. The topological polar surface area (TPSA) is 56.7 Å². The number of nitrogens with zero attached hydrogens (tertiary/aromatic N) is 3. The van der Waals surface area contributed by atoms with Crippen molar-refractivity contribution < 1.29 is 9.90 Å². The zero-order valence-corrected chi connectivity index (χ0v) is 12.3. The number of piperazine rings is 1. The number of aliphatic carboxylic acids is 1. The highest BCUT2D eigenvalue weighted by Crippen LogP contribution is 2.22. The second kappa shape index (κ2) is 5.88. The number of anilines is 1. The van der Waals surface area contributed by atoms with Gasteiger partial charge in [0.15, 0.2) is 5.13 Å². The number of carbonyl (C=O) groups is 1. The SMILES string of the molecule is CC(C)(CCN1CCN(c2nccs2)CC1)C(=O)O. The van der Waals surface area contributed by atoms with E-state index in [1.807, 2.05) is 11.6 Å². The Balaban J connectivity index is 1.76. The lowest BCUT2D eigenvalue weighted by Gasteiger charge is -2.35. The Morgan fingerprint density at radius 2 is 2.11 bits per heavy atom. The Labute approximate surface area is 117 Å². The molecule has 0 unspecified atom stereocenters. The van der Waals surface area contributed by atoms with Crippen LogP contribution in [0.15, 0.2) is 11.6 Å². The van der Waals surface area contributed by atoms with Crippen LogP contribution in [-0.2, 0) is 4.79 Å². The number of rotatable bonds is 5. The fourth-order valence-corrected chi connectivity index (χ4v) is 2.78. The van der Waals surface area contributed by atoms with Gasteiger partial charge in [0.25, 0.3) is 0 Å². The van der Waals surface area contributed by atoms with E-state index < -0.39 is 11.4 Å². The van der Waals surface area contributed by atoms with E-state index in [9.17, 15) is 4.79 Å². The van der Waals surface area contributed by atoms with Crippen molar-refractivity contribution in [1.82, 2.24) is 9.88 Å². The highest BCUT2D eigenvalue weighted by atomic mass is 32.1. The van der Waals surface area contributed by atoms with Crippen LogP contribution in [0.2, 0.25) is 0 Å². The first-order valence-corrected chi connectivity index (χ1v) is 7.47. The Hall–Kier alpha value is -1.14. The summed E-state index contributed by atoms with van der Waals surface area (Å²) < 4.78 is 0. The number of thiazole rings is 1. The summed E-state index contributed by atoms with van der Waals surface area (Å²) in [6.07, 6.45) is 2.53. The second-order valence-corrected chi connectivity index (χ2v) is 6.46. The van der Waals surface area contributed by atoms with Gasteiger partial charge in [0, 0.05) is 37.8 Å². The summed E-state index contributed by atoms with van der Waals surface area (Å²) in [6, 6.07) is 0. The molecule has 19 heavy (non-hydrogen) atoms. The van der Waals surface area contributed by atoms with Gasteiger partial charge >= 0.3 is 5.97 Å². The third-order valence-corrected chi connectivity index (χ3v) is 4.53. The van der Waals surface area contributed by atoms with Crippen LogP contribution in [0.3, 0.4) is 0 Å². The Bertz CT molecular complexity index is 412. The summed E-state index contributed by atoms with van der Waals surface area (Å²) in [5.74, 6) is -0.714. The van der Waals surface area contributed by atoms with Crippen molar-refractivity contribution in [3.63, 3.8) is 0 Å². The van der Waals surface area contributed by atoms with E-state index in [0.29, 0.717) is 6.42 Å². The quantitative estimate of drug-likeness (QED) is 0.892. The van der Waals surface area contributed by atoms with Gasteiger partial charge in [-0.25, -0.2) is 4.98 Å². The molecule has 2 rings (SSSR count). The van der Waals surface area contributed by atoms with Crippen molar-refractivity contribution in [3.05, 3.63) is 11.6 Å². The van der Waals surface area contributed by atoms with E-state index in [1.165, 1.54) is 0 Å².